The van der Waals surface area contributed by atoms with Crippen LogP contribution in [0.15, 0.2) is 71.2 Å². The molecule has 0 aliphatic heterocycles. The SMILES string of the molecule is COc1c(OCc2ccccc2)cc(CCC(O)CC(=O)CCc2ccc(Br)cc2)cc1OC(C)C. The standard InChI is InChI=1S/C30H35BrO5/c1-21(2)36-29-18-24(17-28(30(29)34-3)35-20-23-7-5-4-6-8-23)12-16-27(33)19-26(32)15-11-22-9-13-25(31)14-10-22/h4-10,13-14,17-18,21,27,33H,11-12,15-16,19-20H2,1-3H3. The van der Waals surface area contributed by atoms with Crippen molar-refractivity contribution in [1.29, 1.82) is 0 Å². The molecular formula is C30H35BrO5. The topological polar surface area (TPSA) is 65.0 Å². The number of benzene rings is 3. The highest BCUT2D eigenvalue weighted by Gasteiger charge is 2.18. The molecular weight excluding hydrogens is 520 g/mol. The molecule has 0 saturated carbocycles. The van der Waals surface area contributed by atoms with Crippen LogP contribution in [0.2, 0.25) is 0 Å². The molecule has 5 nitrogen and oxygen atoms in total. The van der Waals surface area contributed by atoms with Crippen LogP contribution >= 0.6 is 15.9 Å². The van der Waals surface area contributed by atoms with E-state index in [-0.39, 0.29) is 18.3 Å². The van der Waals surface area contributed by atoms with Gasteiger partial charge in [0.1, 0.15) is 12.4 Å². The second-order valence-electron chi connectivity index (χ2n) is 9.13. The van der Waals surface area contributed by atoms with Crippen LogP contribution in [0.25, 0.3) is 0 Å². The maximum Gasteiger partial charge on any atom is 0.203 e. The van der Waals surface area contributed by atoms with E-state index in [4.69, 9.17) is 14.2 Å². The van der Waals surface area contributed by atoms with Crippen molar-refractivity contribution in [1.82, 2.24) is 0 Å². The molecule has 0 spiro atoms. The highest BCUT2D eigenvalue weighted by molar-refractivity contribution is 9.10. The summed E-state index contributed by atoms with van der Waals surface area (Å²) in [6.07, 6.45) is 1.56. The zero-order valence-corrected chi connectivity index (χ0v) is 22.8. The van der Waals surface area contributed by atoms with E-state index in [2.05, 4.69) is 15.9 Å². The highest BCUT2D eigenvalue weighted by Crippen LogP contribution is 2.40. The lowest BCUT2D eigenvalue weighted by molar-refractivity contribution is -0.121. The molecule has 0 saturated heterocycles. The summed E-state index contributed by atoms with van der Waals surface area (Å²) < 4.78 is 18.7. The van der Waals surface area contributed by atoms with Crippen LogP contribution in [0.4, 0.5) is 0 Å². The highest BCUT2D eigenvalue weighted by atomic mass is 79.9. The van der Waals surface area contributed by atoms with Gasteiger partial charge in [-0.15, -0.1) is 0 Å². The maximum atomic E-state index is 12.4. The molecule has 192 valence electrons. The largest absolute Gasteiger partial charge is 0.490 e. The first-order chi connectivity index (χ1) is 17.3. The quantitative estimate of drug-likeness (QED) is 0.240. The number of methoxy groups -OCH3 is 1. The number of aliphatic hydroxyl groups excluding tert-OH is 1. The Kier molecular flexibility index (Phi) is 10.8. The Morgan fingerprint density at radius 1 is 0.917 bits per heavy atom. The summed E-state index contributed by atoms with van der Waals surface area (Å²) in [6, 6.07) is 21.7. The molecule has 0 aliphatic rings. The van der Waals surface area contributed by atoms with Gasteiger partial charge in [-0.2, -0.15) is 0 Å². The van der Waals surface area contributed by atoms with Gasteiger partial charge in [-0.05, 0) is 74.1 Å². The first-order valence-corrected chi connectivity index (χ1v) is 13.1. The van der Waals surface area contributed by atoms with E-state index in [0.29, 0.717) is 49.5 Å². The van der Waals surface area contributed by atoms with Crippen molar-refractivity contribution in [3.8, 4) is 17.2 Å². The summed E-state index contributed by atoms with van der Waals surface area (Å²) in [6.45, 7) is 4.32. The number of ketones is 1. The smallest absolute Gasteiger partial charge is 0.203 e. The third-order valence-electron chi connectivity index (χ3n) is 5.72. The van der Waals surface area contributed by atoms with Crippen LogP contribution in [-0.4, -0.2) is 30.2 Å². The van der Waals surface area contributed by atoms with Gasteiger partial charge in [0.05, 0.1) is 19.3 Å². The summed E-state index contributed by atoms with van der Waals surface area (Å²) in [7, 11) is 1.60. The van der Waals surface area contributed by atoms with Gasteiger partial charge in [-0.25, -0.2) is 0 Å². The van der Waals surface area contributed by atoms with Crippen molar-refractivity contribution in [2.45, 2.75) is 64.8 Å². The molecule has 3 aromatic rings. The summed E-state index contributed by atoms with van der Waals surface area (Å²) >= 11 is 3.42. The first-order valence-electron chi connectivity index (χ1n) is 12.3. The van der Waals surface area contributed by atoms with Crippen molar-refractivity contribution in [2.75, 3.05) is 7.11 Å². The Labute approximate surface area is 222 Å². The van der Waals surface area contributed by atoms with E-state index in [1.54, 1.807) is 7.11 Å². The number of hydrogen-bond donors (Lipinski definition) is 1. The second kappa shape index (κ2) is 14.0. The lowest BCUT2D eigenvalue weighted by Gasteiger charge is -2.19. The van der Waals surface area contributed by atoms with Crippen LogP contribution in [0.3, 0.4) is 0 Å². The maximum absolute atomic E-state index is 12.4. The minimum Gasteiger partial charge on any atom is -0.490 e. The predicted molar refractivity (Wildman–Crippen MR) is 146 cm³/mol. The van der Waals surface area contributed by atoms with Crippen LogP contribution in [0.1, 0.15) is 49.8 Å². The average molecular weight is 556 g/mol. The third-order valence-corrected chi connectivity index (χ3v) is 6.25. The molecule has 1 unspecified atom stereocenters. The molecule has 6 heteroatoms. The molecule has 3 rings (SSSR count). The van der Waals surface area contributed by atoms with Gasteiger partial charge in [0.25, 0.3) is 0 Å². The fraction of sp³-hybridized carbons (Fsp3) is 0.367. The van der Waals surface area contributed by atoms with E-state index in [0.717, 1.165) is 21.2 Å². The summed E-state index contributed by atoms with van der Waals surface area (Å²) in [5.74, 6) is 1.81. The fourth-order valence-corrected chi connectivity index (χ4v) is 4.16. The number of ether oxygens (including phenoxy) is 3. The molecule has 3 aromatic carbocycles. The number of carbonyl (C=O) groups is 1. The van der Waals surface area contributed by atoms with Crippen molar-refractivity contribution in [3.05, 3.63) is 87.9 Å². The Bertz CT molecular complexity index is 1100. The molecule has 0 fully saturated rings. The van der Waals surface area contributed by atoms with Crippen molar-refractivity contribution >= 4 is 21.7 Å². The van der Waals surface area contributed by atoms with Crippen molar-refractivity contribution < 1.29 is 24.1 Å². The van der Waals surface area contributed by atoms with Gasteiger partial charge < -0.3 is 19.3 Å². The van der Waals surface area contributed by atoms with Gasteiger partial charge in [0.15, 0.2) is 11.5 Å². The van der Waals surface area contributed by atoms with Gasteiger partial charge in [-0.3, -0.25) is 4.79 Å². The van der Waals surface area contributed by atoms with Crippen molar-refractivity contribution in [3.63, 3.8) is 0 Å². The van der Waals surface area contributed by atoms with E-state index >= 15 is 0 Å². The zero-order valence-electron chi connectivity index (χ0n) is 21.2. The summed E-state index contributed by atoms with van der Waals surface area (Å²) in [5, 5.41) is 10.5. The number of rotatable bonds is 14. The van der Waals surface area contributed by atoms with E-state index in [1.165, 1.54) is 0 Å². The summed E-state index contributed by atoms with van der Waals surface area (Å²) in [4.78, 5) is 12.4. The predicted octanol–water partition coefficient (Wildman–Crippen LogP) is 6.71. The molecule has 0 aromatic heterocycles. The van der Waals surface area contributed by atoms with Crippen LogP contribution < -0.4 is 14.2 Å². The van der Waals surface area contributed by atoms with E-state index in [9.17, 15) is 9.90 Å². The number of aliphatic hydroxyl groups is 1. The van der Waals surface area contributed by atoms with Crippen LogP contribution in [0, 0.1) is 0 Å². The average Bonchev–Trinajstić information content (AvgIpc) is 2.86. The number of Topliss-reactive ketones (excluding diaryl/α,β-unsaturated/α-hetero) is 1. The van der Waals surface area contributed by atoms with E-state index in [1.807, 2.05) is 80.6 Å². The Morgan fingerprint density at radius 2 is 1.61 bits per heavy atom. The third kappa shape index (κ3) is 8.99. The molecule has 0 heterocycles. The molecule has 0 aliphatic carbocycles. The fourth-order valence-electron chi connectivity index (χ4n) is 3.90. The minimum atomic E-state index is -0.701. The number of carbonyl (C=O) groups excluding carboxylic acids is 1. The van der Waals surface area contributed by atoms with Gasteiger partial charge in [0.2, 0.25) is 5.75 Å². The first kappa shape index (κ1) is 27.8. The monoisotopic (exact) mass is 554 g/mol. The zero-order chi connectivity index (χ0) is 25.9. The molecule has 0 bridgehead atoms. The van der Waals surface area contributed by atoms with Crippen molar-refractivity contribution in [2.24, 2.45) is 0 Å². The summed E-state index contributed by atoms with van der Waals surface area (Å²) in [5.41, 5.74) is 3.12. The number of aryl methyl sites for hydroxylation is 2. The number of halogens is 1. The minimum absolute atomic E-state index is 0.0370. The van der Waals surface area contributed by atoms with Gasteiger partial charge >= 0.3 is 0 Å². The van der Waals surface area contributed by atoms with E-state index < -0.39 is 6.10 Å². The molecule has 1 N–H and O–H groups in total. The Balaban J connectivity index is 1.61. The second-order valence-corrected chi connectivity index (χ2v) is 10.0. The Morgan fingerprint density at radius 3 is 2.28 bits per heavy atom. The number of hydrogen-bond acceptors (Lipinski definition) is 5. The molecule has 0 amide bonds. The lowest BCUT2D eigenvalue weighted by Crippen LogP contribution is -2.15. The lowest BCUT2D eigenvalue weighted by atomic mass is 10.00. The van der Waals surface area contributed by atoms with Crippen LogP contribution in [0.5, 0.6) is 17.2 Å². The van der Waals surface area contributed by atoms with Crippen LogP contribution in [-0.2, 0) is 24.2 Å². The molecule has 36 heavy (non-hydrogen) atoms. The normalized spacial score (nSPS) is 11.8. The molecule has 1 atom stereocenters. The Hall–Kier alpha value is -2.83. The van der Waals surface area contributed by atoms with Gasteiger partial charge in [0, 0.05) is 17.3 Å². The van der Waals surface area contributed by atoms with Gasteiger partial charge in [-0.1, -0.05) is 58.4 Å². The molecule has 0 radical (unpaired) electrons.